The third kappa shape index (κ3) is 1.54. The molecule has 0 atom stereocenters. The van der Waals surface area contributed by atoms with E-state index in [0.29, 0.717) is 0 Å². The van der Waals surface area contributed by atoms with Crippen LogP contribution in [-0.2, 0) is 10.2 Å². The normalized spacial score (nSPS) is 17.2. The molecule has 1 aromatic carbocycles. The summed E-state index contributed by atoms with van der Waals surface area (Å²) in [6.45, 7) is 2.01. The van der Waals surface area contributed by atoms with E-state index in [1.165, 1.54) is 0 Å². The fraction of sp³-hybridized carbons (Fsp3) is 0.357. The van der Waals surface area contributed by atoms with E-state index in [4.69, 9.17) is 9.52 Å². The molecule has 0 radical (unpaired) electrons. The van der Waals surface area contributed by atoms with Gasteiger partial charge in [-0.05, 0) is 37.0 Å². The summed E-state index contributed by atoms with van der Waals surface area (Å²) in [6.07, 6.45) is 3.88. The van der Waals surface area contributed by atoms with Crippen molar-refractivity contribution in [3.05, 3.63) is 35.6 Å². The average molecular weight is 230 g/mol. The van der Waals surface area contributed by atoms with Gasteiger partial charge in [-0.25, -0.2) is 0 Å². The van der Waals surface area contributed by atoms with Crippen LogP contribution < -0.4 is 0 Å². The molecule has 1 heterocycles. The summed E-state index contributed by atoms with van der Waals surface area (Å²) >= 11 is 0. The van der Waals surface area contributed by atoms with Crippen LogP contribution >= 0.6 is 0 Å². The Balaban J connectivity index is 2.17. The van der Waals surface area contributed by atoms with Crippen molar-refractivity contribution in [2.45, 2.75) is 31.6 Å². The summed E-state index contributed by atoms with van der Waals surface area (Å²) in [5.74, 6) is -0.722. The first-order valence-corrected chi connectivity index (χ1v) is 5.81. The lowest BCUT2D eigenvalue weighted by molar-refractivity contribution is -0.137. The largest absolute Gasteiger partial charge is 0.481 e. The predicted molar refractivity (Wildman–Crippen MR) is 64.1 cm³/mol. The Kier molecular flexibility index (Phi) is 2.05. The molecule has 17 heavy (non-hydrogen) atoms. The number of hydrogen-bond acceptors (Lipinski definition) is 2. The van der Waals surface area contributed by atoms with Gasteiger partial charge in [0.2, 0.25) is 0 Å². The highest BCUT2D eigenvalue weighted by Crippen LogP contribution is 2.53. The van der Waals surface area contributed by atoms with Gasteiger partial charge in [-0.2, -0.15) is 0 Å². The average Bonchev–Trinajstić information content (AvgIpc) is 2.96. The molecule has 1 aliphatic carbocycles. The molecular formula is C14H14O3. The van der Waals surface area contributed by atoms with Crippen molar-refractivity contribution >= 4 is 16.9 Å². The van der Waals surface area contributed by atoms with Gasteiger partial charge in [-0.15, -0.1) is 0 Å². The number of benzene rings is 1. The molecule has 1 fully saturated rings. The SMILES string of the molecule is Cc1coc2cccc(C3(CC(=O)O)CC3)c12. The molecule has 3 heteroatoms. The van der Waals surface area contributed by atoms with Gasteiger partial charge >= 0.3 is 5.97 Å². The fourth-order valence-corrected chi connectivity index (χ4v) is 2.67. The third-order valence-corrected chi connectivity index (χ3v) is 3.70. The Morgan fingerprint density at radius 3 is 2.88 bits per heavy atom. The maximum Gasteiger partial charge on any atom is 0.304 e. The van der Waals surface area contributed by atoms with Crippen molar-refractivity contribution in [1.29, 1.82) is 0 Å². The second-order valence-electron chi connectivity index (χ2n) is 4.95. The summed E-state index contributed by atoms with van der Waals surface area (Å²) in [5.41, 5.74) is 2.94. The summed E-state index contributed by atoms with van der Waals surface area (Å²) < 4.78 is 5.47. The number of rotatable bonds is 3. The molecule has 0 saturated heterocycles. The zero-order chi connectivity index (χ0) is 12.0. The smallest absolute Gasteiger partial charge is 0.304 e. The van der Waals surface area contributed by atoms with Crippen molar-refractivity contribution in [2.75, 3.05) is 0 Å². The molecule has 1 aliphatic rings. The second-order valence-corrected chi connectivity index (χ2v) is 4.95. The Labute approximate surface area is 99.0 Å². The highest BCUT2D eigenvalue weighted by Gasteiger charge is 2.47. The summed E-state index contributed by atoms with van der Waals surface area (Å²) in [6, 6.07) is 5.92. The predicted octanol–water partition coefficient (Wildman–Crippen LogP) is 3.25. The molecule has 3 nitrogen and oxygen atoms in total. The van der Waals surface area contributed by atoms with E-state index in [1.807, 2.05) is 25.1 Å². The number of hydrogen-bond donors (Lipinski definition) is 1. The minimum absolute atomic E-state index is 0.153. The maximum absolute atomic E-state index is 11.0. The fourth-order valence-electron chi connectivity index (χ4n) is 2.67. The highest BCUT2D eigenvalue weighted by molar-refractivity contribution is 5.87. The minimum Gasteiger partial charge on any atom is -0.481 e. The van der Waals surface area contributed by atoms with E-state index in [-0.39, 0.29) is 11.8 Å². The monoisotopic (exact) mass is 230 g/mol. The Hall–Kier alpha value is -1.77. The summed E-state index contributed by atoms with van der Waals surface area (Å²) in [7, 11) is 0. The number of carboxylic acid groups (broad SMARTS) is 1. The van der Waals surface area contributed by atoms with E-state index >= 15 is 0 Å². The van der Waals surface area contributed by atoms with Gasteiger partial charge < -0.3 is 9.52 Å². The quantitative estimate of drug-likeness (QED) is 0.880. The molecule has 0 unspecified atom stereocenters. The first-order valence-electron chi connectivity index (χ1n) is 5.81. The van der Waals surface area contributed by atoms with Gasteiger partial charge in [0.15, 0.2) is 0 Å². The highest BCUT2D eigenvalue weighted by atomic mass is 16.4. The van der Waals surface area contributed by atoms with Crippen LogP contribution in [0.3, 0.4) is 0 Å². The van der Waals surface area contributed by atoms with Crippen molar-refractivity contribution in [1.82, 2.24) is 0 Å². The number of aliphatic carboxylic acids is 1. The first kappa shape index (κ1) is 10.4. The van der Waals surface area contributed by atoms with Crippen molar-refractivity contribution in [2.24, 2.45) is 0 Å². The Bertz CT molecular complexity index is 591. The van der Waals surface area contributed by atoms with E-state index < -0.39 is 5.97 Å². The lowest BCUT2D eigenvalue weighted by Gasteiger charge is -2.14. The zero-order valence-electron chi connectivity index (χ0n) is 9.69. The van der Waals surface area contributed by atoms with Gasteiger partial charge in [-0.1, -0.05) is 12.1 Å². The van der Waals surface area contributed by atoms with E-state index in [0.717, 1.165) is 34.9 Å². The number of carboxylic acids is 1. The van der Waals surface area contributed by atoms with Gasteiger partial charge in [0.25, 0.3) is 0 Å². The minimum atomic E-state index is -0.722. The molecule has 3 rings (SSSR count). The molecule has 0 aliphatic heterocycles. The van der Waals surface area contributed by atoms with Crippen LogP contribution in [0.4, 0.5) is 0 Å². The van der Waals surface area contributed by atoms with Crippen LogP contribution in [-0.4, -0.2) is 11.1 Å². The third-order valence-electron chi connectivity index (χ3n) is 3.70. The Morgan fingerprint density at radius 1 is 1.47 bits per heavy atom. The molecular weight excluding hydrogens is 216 g/mol. The van der Waals surface area contributed by atoms with Gasteiger partial charge in [0, 0.05) is 10.8 Å². The van der Waals surface area contributed by atoms with Crippen LogP contribution in [0, 0.1) is 6.92 Å². The van der Waals surface area contributed by atoms with Gasteiger partial charge in [-0.3, -0.25) is 4.79 Å². The lowest BCUT2D eigenvalue weighted by Crippen LogP contribution is -2.13. The first-order chi connectivity index (χ1) is 8.12. The lowest BCUT2D eigenvalue weighted by atomic mass is 9.89. The van der Waals surface area contributed by atoms with E-state index in [2.05, 4.69) is 0 Å². The van der Waals surface area contributed by atoms with E-state index in [1.54, 1.807) is 6.26 Å². The molecule has 0 amide bonds. The topological polar surface area (TPSA) is 50.4 Å². The molecule has 1 N–H and O–H groups in total. The number of carbonyl (C=O) groups is 1. The standard InChI is InChI=1S/C14H14O3/c1-9-8-17-11-4-2-3-10(13(9)11)14(5-6-14)7-12(15)16/h2-4,8H,5-7H2,1H3,(H,15,16). The van der Waals surface area contributed by atoms with Crippen LogP contribution in [0.2, 0.25) is 0 Å². The zero-order valence-corrected chi connectivity index (χ0v) is 9.69. The molecule has 1 saturated carbocycles. The van der Waals surface area contributed by atoms with Crippen LogP contribution in [0.5, 0.6) is 0 Å². The van der Waals surface area contributed by atoms with Crippen molar-refractivity contribution in [3.8, 4) is 0 Å². The molecule has 0 bridgehead atoms. The van der Waals surface area contributed by atoms with Gasteiger partial charge in [0.05, 0.1) is 12.7 Å². The van der Waals surface area contributed by atoms with Crippen LogP contribution in [0.15, 0.2) is 28.9 Å². The molecule has 0 spiro atoms. The van der Waals surface area contributed by atoms with E-state index in [9.17, 15) is 4.79 Å². The Morgan fingerprint density at radius 2 is 2.24 bits per heavy atom. The summed E-state index contributed by atoms with van der Waals surface area (Å²) in [4.78, 5) is 11.0. The number of furan rings is 1. The molecule has 1 aromatic heterocycles. The van der Waals surface area contributed by atoms with Crippen LogP contribution in [0.25, 0.3) is 11.0 Å². The maximum atomic E-state index is 11.0. The van der Waals surface area contributed by atoms with Crippen LogP contribution in [0.1, 0.15) is 30.4 Å². The number of aryl methyl sites for hydroxylation is 1. The van der Waals surface area contributed by atoms with Gasteiger partial charge in [0.1, 0.15) is 5.58 Å². The summed E-state index contributed by atoms with van der Waals surface area (Å²) in [5, 5.41) is 10.1. The molecule has 88 valence electrons. The molecule has 2 aromatic rings. The second kappa shape index (κ2) is 3.36. The van der Waals surface area contributed by atoms with Crippen molar-refractivity contribution in [3.63, 3.8) is 0 Å². The van der Waals surface area contributed by atoms with Crippen molar-refractivity contribution < 1.29 is 14.3 Å². The number of fused-ring (bicyclic) bond motifs is 1.